The Bertz CT molecular complexity index is 653. The average molecular weight is 263 g/mol. The molecular weight excluding hydrogens is 250 g/mol. The van der Waals surface area contributed by atoms with Gasteiger partial charge in [0.15, 0.2) is 17.7 Å². The topological polar surface area (TPSA) is 119 Å². The molecule has 4 rings (SSSR count). The second kappa shape index (κ2) is 3.41. The molecule has 4 N–H and O–H groups in total. The normalized spacial score (nSPS) is 32.2. The van der Waals surface area contributed by atoms with Crippen molar-refractivity contribution in [3.05, 3.63) is 12.7 Å². The van der Waals surface area contributed by atoms with E-state index >= 15 is 0 Å². The van der Waals surface area contributed by atoms with Gasteiger partial charge in [0.25, 0.3) is 0 Å². The van der Waals surface area contributed by atoms with Gasteiger partial charge in [-0.05, 0) is 12.8 Å². The minimum atomic E-state index is -1.00. The number of anilines is 1. The Morgan fingerprint density at radius 3 is 2.79 bits per heavy atom. The van der Waals surface area contributed by atoms with Gasteiger partial charge in [0.2, 0.25) is 0 Å². The Morgan fingerprint density at radius 2 is 2.11 bits per heavy atom. The van der Waals surface area contributed by atoms with Crippen molar-refractivity contribution in [1.82, 2.24) is 19.5 Å². The van der Waals surface area contributed by atoms with Gasteiger partial charge in [0, 0.05) is 0 Å². The molecule has 0 amide bonds. The van der Waals surface area contributed by atoms with E-state index < -0.39 is 24.0 Å². The van der Waals surface area contributed by atoms with E-state index in [1.807, 2.05) is 0 Å². The minimum Gasteiger partial charge on any atom is -0.387 e. The van der Waals surface area contributed by atoms with E-state index in [4.69, 9.17) is 10.5 Å². The molecule has 19 heavy (non-hydrogen) atoms. The highest BCUT2D eigenvalue weighted by Gasteiger charge is 2.62. The van der Waals surface area contributed by atoms with Crippen molar-refractivity contribution in [1.29, 1.82) is 0 Å². The lowest BCUT2D eigenvalue weighted by molar-refractivity contribution is -0.0460. The molecule has 8 nitrogen and oxygen atoms in total. The Labute approximate surface area is 107 Å². The molecule has 1 spiro atoms. The largest absolute Gasteiger partial charge is 0.387 e. The number of aliphatic hydroxyl groups is 2. The van der Waals surface area contributed by atoms with E-state index in [1.54, 1.807) is 4.57 Å². The van der Waals surface area contributed by atoms with Gasteiger partial charge < -0.3 is 20.7 Å². The summed E-state index contributed by atoms with van der Waals surface area (Å²) in [7, 11) is 0. The van der Waals surface area contributed by atoms with Crippen LogP contribution in [0.4, 0.5) is 5.82 Å². The lowest BCUT2D eigenvalue weighted by Crippen LogP contribution is -2.32. The highest BCUT2D eigenvalue weighted by molar-refractivity contribution is 5.81. The summed E-state index contributed by atoms with van der Waals surface area (Å²) >= 11 is 0. The number of hydrogen-bond donors (Lipinski definition) is 3. The smallest absolute Gasteiger partial charge is 0.167 e. The molecule has 0 aromatic carbocycles. The van der Waals surface area contributed by atoms with Gasteiger partial charge in [0.1, 0.15) is 24.1 Å². The second-order valence-corrected chi connectivity index (χ2v) is 5.09. The number of nitrogens with two attached hydrogens (primary N) is 1. The standard InChI is InChI=1S/C11H13N5O3/c12-8-5-9(14-3-13-8)16(4-15-5)10-6(17)7(18)11(19-10)1-2-11/h3-4,6-7,10,17-18H,1-2H2,(H2,12,13,14)/t6-,7+,10-/m1/s1. The second-order valence-electron chi connectivity index (χ2n) is 5.09. The van der Waals surface area contributed by atoms with E-state index in [0.29, 0.717) is 11.2 Å². The van der Waals surface area contributed by atoms with E-state index in [9.17, 15) is 10.2 Å². The molecule has 0 bridgehead atoms. The van der Waals surface area contributed by atoms with Crippen LogP contribution in [-0.4, -0.2) is 47.5 Å². The van der Waals surface area contributed by atoms with Gasteiger partial charge in [0.05, 0.1) is 11.9 Å². The van der Waals surface area contributed by atoms with Crippen LogP contribution in [0, 0.1) is 0 Å². The number of nitrogens with zero attached hydrogens (tertiary/aromatic N) is 4. The van der Waals surface area contributed by atoms with Crippen molar-refractivity contribution in [2.75, 3.05) is 5.73 Å². The molecule has 1 aliphatic carbocycles. The van der Waals surface area contributed by atoms with Gasteiger partial charge in [-0.15, -0.1) is 0 Å². The first-order valence-corrected chi connectivity index (χ1v) is 6.09. The Hall–Kier alpha value is -1.77. The molecule has 2 aliphatic rings. The van der Waals surface area contributed by atoms with Crippen LogP contribution in [-0.2, 0) is 4.74 Å². The Kier molecular flexibility index (Phi) is 1.99. The average Bonchev–Trinajstić information content (AvgIpc) is 3.00. The van der Waals surface area contributed by atoms with Crippen LogP contribution in [0.3, 0.4) is 0 Å². The molecule has 8 heteroatoms. The molecule has 2 aromatic heterocycles. The van der Waals surface area contributed by atoms with Gasteiger partial charge in [-0.2, -0.15) is 0 Å². The number of nitrogen functional groups attached to an aromatic ring is 1. The Morgan fingerprint density at radius 1 is 1.32 bits per heavy atom. The first-order valence-electron chi connectivity index (χ1n) is 6.09. The number of hydrogen-bond acceptors (Lipinski definition) is 7. The number of aliphatic hydroxyl groups excluding tert-OH is 2. The molecule has 0 unspecified atom stereocenters. The summed E-state index contributed by atoms with van der Waals surface area (Å²) < 4.78 is 7.39. The van der Waals surface area contributed by atoms with Crippen molar-refractivity contribution >= 4 is 17.0 Å². The van der Waals surface area contributed by atoms with Gasteiger partial charge in [-0.1, -0.05) is 0 Å². The monoisotopic (exact) mass is 263 g/mol. The van der Waals surface area contributed by atoms with Crippen LogP contribution in [0.25, 0.3) is 11.2 Å². The molecule has 1 saturated carbocycles. The quantitative estimate of drug-likeness (QED) is 0.615. The summed E-state index contributed by atoms with van der Waals surface area (Å²) in [6.07, 6.45) is 1.76. The fourth-order valence-electron chi connectivity index (χ4n) is 2.66. The molecule has 1 aliphatic heterocycles. The molecule has 2 aromatic rings. The highest BCUT2D eigenvalue weighted by atomic mass is 16.6. The summed E-state index contributed by atoms with van der Waals surface area (Å²) in [5.74, 6) is 0.276. The number of imidazole rings is 1. The summed E-state index contributed by atoms with van der Waals surface area (Å²) in [5, 5.41) is 20.2. The Balaban J connectivity index is 1.81. The summed E-state index contributed by atoms with van der Waals surface area (Å²) in [5.41, 5.74) is 6.07. The molecule has 0 radical (unpaired) electrons. The number of aromatic nitrogens is 4. The first-order chi connectivity index (χ1) is 9.12. The fraction of sp³-hybridized carbons (Fsp3) is 0.545. The molecule has 3 atom stereocenters. The lowest BCUT2D eigenvalue weighted by Gasteiger charge is -2.16. The zero-order chi connectivity index (χ0) is 13.2. The van der Waals surface area contributed by atoms with Gasteiger partial charge in [-0.3, -0.25) is 4.57 Å². The van der Waals surface area contributed by atoms with Crippen LogP contribution in [0.15, 0.2) is 12.7 Å². The first kappa shape index (κ1) is 11.1. The zero-order valence-corrected chi connectivity index (χ0v) is 9.97. The number of fused-ring (bicyclic) bond motifs is 1. The van der Waals surface area contributed by atoms with E-state index in [-0.39, 0.29) is 5.82 Å². The maximum absolute atomic E-state index is 10.1. The SMILES string of the molecule is Nc1ncnc2c1ncn2[C@@H]1OC2(CC2)[C@@H](O)[C@H]1O. The molecule has 1 saturated heterocycles. The molecule has 2 fully saturated rings. The number of rotatable bonds is 1. The lowest BCUT2D eigenvalue weighted by atomic mass is 10.1. The van der Waals surface area contributed by atoms with Crippen LogP contribution in [0.2, 0.25) is 0 Å². The third kappa shape index (κ3) is 1.36. The molecule has 3 heterocycles. The van der Waals surface area contributed by atoms with E-state index in [0.717, 1.165) is 12.8 Å². The highest BCUT2D eigenvalue weighted by Crippen LogP contribution is 2.52. The van der Waals surface area contributed by atoms with Crippen molar-refractivity contribution in [2.24, 2.45) is 0 Å². The van der Waals surface area contributed by atoms with E-state index in [2.05, 4.69) is 15.0 Å². The van der Waals surface area contributed by atoms with Crippen molar-refractivity contribution in [2.45, 2.75) is 36.9 Å². The van der Waals surface area contributed by atoms with Crippen molar-refractivity contribution in [3.63, 3.8) is 0 Å². The fourth-order valence-corrected chi connectivity index (χ4v) is 2.66. The number of ether oxygens (including phenoxy) is 1. The van der Waals surface area contributed by atoms with Gasteiger partial charge >= 0.3 is 0 Å². The summed E-state index contributed by atoms with van der Waals surface area (Å²) in [4.78, 5) is 12.1. The third-order valence-corrected chi connectivity index (χ3v) is 3.91. The predicted octanol–water partition coefficient (Wildman–Crippen LogP) is -0.808. The molecule has 100 valence electrons. The van der Waals surface area contributed by atoms with Crippen LogP contribution >= 0.6 is 0 Å². The minimum absolute atomic E-state index is 0.276. The van der Waals surface area contributed by atoms with Crippen molar-refractivity contribution in [3.8, 4) is 0 Å². The van der Waals surface area contributed by atoms with Crippen molar-refractivity contribution < 1.29 is 14.9 Å². The van der Waals surface area contributed by atoms with Crippen LogP contribution < -0.4 is 5.73 Å². The zero-order valence-electron chi connectivity index (χ0n) is 9.97. The maximum atomic E-state index is 10.1. The van der Waals surface area contributed by atoms with Crippen LogP contribution in [0.1, 0.15) is 19.1 Å². The van der Waals surface area contributed by atoms with Crippen LogP contribution in [0.5, 0.6) is 0 Å². The molecular formula is C11H13N5O3. The third-order valence-electron chi connectivity index (χ3n) is 3.91. The van der Waals surface area contributed by atoms with Gasteiger partial charge in [-0.25, -0.2) is 15.0 Å². The predicted molar refractivity (Wildman–Crippen MR) is 63.8 cm³/mol. The summed E-state index contributed by atoms with van der Waals surface area (Å²) in [6.45, 7) is 0. The maximum Gasteiger partial charge on any atom is 0.167 e. The summed E-state index contributed by atoms with van der Waals surface area (Å²) in [6, 6.07) is 0. The van der Waals surface area contributed by atoms with E-state index in [1.165, 1.54) is 12.7 Å².